The number of hydrogen-bond donors (Lipinski definition) is 1. The van der Waals surface area contributed by atoms with Crippen LogP contribution in [0, 0.1) is 11.3 Å². The van der Waals surface area contributed by atoms with Crippen molar-refractivity contribution in [3.05, 3.63) is 59.3 Å². The standard InChI is InChI=1S/C26H29N3O2S/c1-17(2)31-24-10-8-18(13-20(24)14-27)26-29-16-25(32-26)23-6-4-5-21-19(7-9-22(21)23)15-28-11-12-30-3/h4-6,8,10,13,16-17,19,28H,7,9,11-12,15H2,1-3H3. The van der Waals surface area contributed by atoms with Crippen LogP contribution < -0.4 is 10.1 Å². The number of ether oxygens (including phenoxy) is 2. The summed E-state index contributed by atoms with van der Waals surface area (Å²) in [5.41, 5.74) is 5.66. The molecule has 0 spiro atoms. The number of nitrogens with zero attached hydrogens (tertiary/aromatic N) is 2. The minimum absolute atomic E-state index is 0.0265. The first-order valence-electron chi connectivity index (χ1n) is 11.1. The van der Waals surface area contributed by atoms with Crippen molar-refractivity contribution in [2.24, 2.45) is 0 Å². The van der Waals surface area contributed by atoms with Gasteiger partial charge in [0.25, 0.3) is 0 Å². The third-order valence-corrected chi connectivity index (χ3v) is 6.83. The van der Waals surface area contributed by atoms with E-state index >= 15 is 0 Å². The van der Waals surface area contributed by atoms with Gasteiger partial charge in [-0.15, -0.1) is 11.3 Å². The van der Waals surface area contributed by atoms with E-state index in [1.165, 1.54) is 28.0 Å². The molecule has 166 valence electrons. The number of fused-ring (bicyclic) bond motifs is 1. The molecule has 32 heavy (non-hydrogen) atoms. The second-order valence-electron chi connectivity index (χ2n) is 8.32. The highest BCUT2D eigenvalue weighted by Crippen LogP contribution is 2.41. The lowest BCUT2D eigenvalue weighted by molar-refractivity contribution is 0.199. The Balaban J connectivity index is 1.56. The Morgan fingerprint density at radius 2 is 2.16 bits per heavy atom. The summed E-state index contributed by atoms with van der Waals surface area (Å²) < 4.78 is 10.9. The number of benzene rings is 2. The topological polar surface area (TPSA) is 67.2 Å². The Morgan fingerprint density at radius 3 is 2.94 bits per heavy atom. The zero-order chi connectivity index (χ0) is 22.5. The molecule has 1 heterocycles. The SMILES string of the molecule is COCCNCC1CCc2c(-c3cnc(-c4ccc(OC(C)C)c(C#N)c4)s3)cccc21. The van der Waals surface area contributed by atoms with Gasteiger partial charge >= 0.3 is 0 Å². The van der Waals surface area contributed by atoms with Gasteiger partial charge in [-0.25, -0.2) is 4.98 Å². The minimum Gasteiger partial charge on any atom is -0.490 e. The number of rotatable bonds is 9. The average Bonchev–Trinajstić information content (AvgIpc) is 3.44. The van der Waals surface area contributed by atoms with Crippen LogP contribution in [0.5, 0.6) is 5.75 Å². The van der Waals surface area contributed by atoms with Crippen molar-refractivity contribution >= 4 is 11.3 Å². The zero-order valence-electron chi connectivity index (χ0n) is 18.9. The lowest BCUT2D eigenvalue weighted by Crippen LogP contribution is -2.24. The Labute approximate surface area is 194 Å². The molecule has 0 bridgehead atoms. The van der Waals surface area contributed by atoms with Crippen LogP contribution in [0.3, 0.4) is 0 Å². The van der Waals surface area contributed by atoms with Crippen LogP contribution in [0.4, 0.5) is 0 Å². The lowest BCUT2D eigenvalue weighted by atomic mass is 9.98. The molecule has 1 aromatic heterocycles. The average molecular weight is 448 g/mol. The quantitative estimate of drug-likeness (QED) is 0.445. The van der Waals surface area contributed by atoms with Gasteiger partial charge in [0.15, 0.2) is 0 Å². The summed E-state index contributed by atoms with van der Waals surface area (Å²) in [5, 5.41) is 14.0. The van der Waals surface area contributed by atoms with Gasteiger partial charge < -0.3 is 14.8 Å². The van der Waals surface area contributed by atoms with Crippen LogP contribution in [-0.2, 0) is 11.2 Å². The third-order valence-electron chi connectivity index (χ3n) is 5.75. The first-order valence-corrected chi connectivity index (χ1v) is 11.9. The van der Waals surface area contributed by atoms with Crippen molar-refractivity contribution in [2.75, 3.05) is 26.8 Å². The van der Waals surface area contributed by atoms with E-state index in [0.29, 0.717) is 17.2 Å². The molecule has 3 aromatic rings. The van der Waals surface area contributed by atoms with Gasteiger partial charge in [-0.1, -0.05) is 18.2 Å². The van der Waals surface area contributed by atoms with Gasteiger partial charge in [0.1, 0.15) is 16.8 Å². The minimum atomic E-state index is 0.0265. The van der Waals surface area contributed by atoms with Crippen molar-refractivity contribution in [1.29, 1.82) is 5.26 Å². The number of nitriles is 1. The molecule has 0 amide bonds. The van der Waals surface area contributed by atoms with E-state index in [9.17, 15) is 5.26 Å². The largest absolute Gasteiger partial charge is 0.490 e. The van der Waals surface area contributed by atoms with Crippen LogP contribution in [-0.4, -0.2) is 37.9 Å². The van der Waals surface area contributed by atoms with E-state index in [1.807, 2.05) is 38.2 Å². The van der Waals surface area contributed by atoms with Crippen molar-refractivity contribution in [1.82, 2.24) is 10.3 Å². The highest BCUT2D eigenvalue weighted by Gasteiger charge is 2.25. The van der Waals surface area contributed by atoms with Crippen LogP contribution in [0.2, 0.25) is 0 Å². The van der Waals surface area contributed by atoms with E-state index in [4.69, 9.17) is 9.47 Å². The number of thiazole rings is 1. The van der Waals surface area contributed by atoms with Crippen molar-refractivity contribution in [3.8, 4) is 32.8 Å². The summed E-state index contributed by atoms with van der Waals surface area (Å²) in [7, 11) is 1.73. The summed E-state index contributed by atoms with van der Waals surface area (Å²) in [5.74, 6) is 1.16. The monoisotopic (exact) mass is 447 g/mol. The lowest BCUT2D eigenvalue weighted by Gasteiger charge is -2.13. The molecule has 0 saturated heterocycles. The molecular formula is C26H29N3O2S. The molecule has 0 saturated carbocycles. The van der Waals surface area contributed by atoms with Crippen LogP contribution >= 0.6 is 11.3 Å². The van der Waals surface area contributed by atoms with E-state index in [-0.39, 0.29) is 6.10 Å². The van der Waals surface area contributed by atoms with Crippen LogP contribution in [0.15, 0.2) is 42.6 Å². The molecule has 0 fully saturated rings. The number of hydrogen-bond acceptors (Lipinski definition) is 6. The summed E-state index contributed by atoms with van der Waals surface area (Å²) in [6.45, 7) is 6.52. The van der Waals surface area contributed by atoms with Crippen molar-refractivity contribution < 1.29 is 9.47 Å². The van der Waals surface area contributed by atoms with Gasteiger partial charge in [-0.2, -0.15) is 5.26 Å². The van der Waals surface area contributed by atoms with Crippen LogP contribution in [0.1, 0.15) is 42.9 Å². The maximum Gasteiger partial charge on any atom is 0.137 e. The molecule has 0 aliphatic heterocycles. The summed E-state index contributed by atoms with van der Waals surface area (Å²) >= 11 is 1.68. The molecular weight excluding hydrogens is 418 g/mol. The fourth-order valence-electron chi connectivity index (χ4n) is 4.27. The summed E-state index contributed by atoms with van der Waals surface area (Å²) in [6, 6.07) is 14.6. The first-order chi connectivity index (χ1) is 15.6. The van der Waals surface area contributed by atoms with Gasteiger partial charge in [0.2, 0.25) is 0 Å². The third kappa shape index (κ3) is 4.86. The molecule has 5 nitrogen and oxygen atoms in total. The van der Waals surface area contributed by atoms with Gasteiger partial charge in [-0.3, -0.25) is 0 Å². The molecule has 4 rings (SSSR count). The molecule has 1 unspecified atom stereocenters. The van der Waals surface area contributed by atoms with Gasteiger partial charge in [-0.05, 0) is 67.5 Å². The summed E-state index contributed by atoms with van der Waals surface area (Å²) in [6.07, 6.45) is 4.25. The fraction of sp³-hybridized carbons (Fsp3) is 0.385. The second kappa shape index (κ2) is 10.3. The Kier molecular flexibility index (Phi) is 7.21. The van der Waals surface area contributed by atoms with E-state index in [2.05, 4.69) is 34.6 Å². The molecule has 6 heteroatoms. The highest BCUT2D eigenvalue weighted by atomic mass is 32.1. The molecule has 0 radical (unpaired) electrons. The number of methoxy groups -OCH3 is 1. The van der Waals surface area contributed by atoms with E-state index in [0.717, 1.165) is 36.7 Å². The Bertz CT molecular complexity index is 1120. The van der Waals surface area contributed by atoms with Crippen LogP contribution in [0.25, 0.3) is 21.0 Å². The van der Waals surface area contributed by atoms with E-state index in [1.54, 1.807) is 18.4 Å². The Hall–Kier alpha value is -2.72. The zero-order valence-corrected chi connectivity index (χ0v) is 19.7. The maximum absolute atomic E-state index is 9.55. The molecule has 1 N–H and O–H groups in total. The number of nitrogens with one attached hydrogen (secondary N) is 1. The van der Waals surface area contributed by atoms with Crippen molar-refractivity contribution in [2.45, 2.75) is 38.7 Å². The number of aromatic nitrogens is 1. The molecule has 1 aliphatic rings. The summed E-state index contributed by atoms with van der Waals surface area (Å²) in [4.78, 5) is 5.86. The predicted octanol–water partition coefficient (Wildman–Crippen LogP) is 5.40. The Morgan fingerprint density at radius 1 is 1.28 bits per heavy atom. The highest BCUT2D eigenvalue weighted by molar-refractivity contribution is 7.18. The maximum atomic E-state index is 9.55. The second-order valence-corrected chi connectivity index (χ2v) is 9.36. The van der Waals surface area contributed by atoms with Gasteiger partial charge in [0, 0.05) is 32.0 Å². The van der Waals surface area contributed by atoms with Gasteiger partial charge in [0.05, 0.1) is 23.2 Å². The molecule has 1 aliphatic carbocycles. The van der Waals surface area contributed by atoms with E-state index < -0.39 is 0 Å². The smallest absolute Gasteiger partial charge is 0.137 e. The fourth-order valence-corrected chi connectivity index (χ4v) is 5.24. The predicted molar refractivity (Wildman–Crippen MR) is 129 cm³/mol. The normalized spacial score (nSPS) is 15.0. The first kappa shape index (κ1) is 22.5. The molecule has 2 aromatic carbocycles. The van der Waals surface area contributed by atoms with Crippen molar-refractivity contribution in [3.63, 3.8) is 0 Å². The molecule has 1 atom stereocenters.